The van der Waals surface area contributed by atoms with E-state index < -0.39 is 0 Å². The average Bonchev–Trinajstić information content (AvgIpc) is 2.41. The summed E-state index contributed by atoms with van der Waals surface area (Å²) in [6, 6.07) is 9.39. The van der Waals surface area contributed by atoms with Gasteiger partial charge in [-0.25, -0.2) is 4.39 Å². The second-order valence-electron chi connectivity index (χ2n) is 4.47. The number of hydrogen-bond donors (Lipinski definition) is 1. The van der Waals surface area contributed by atoms with Crippen molar-refractivity contribution < 1.29 is 4.39 Å². The van der Waals surface area contributed by atoms with E-state index in [4.69, 9.17) is 0 Å². The van der Waals surface area contributed by atoms with Gasteiger partial charge in [-0.15, -0.1) is 0 Å². The van der Waals surface area contributed by atoms with Crippen molar-refractivity contribution in [2.75, 3.05) is 0 Å². The molecule has 0 saturated heterocycles. The zero-order chi connectivity index (χ0) is 13.0. The van der Waals surface area contributed by atoms with Crippen LogP contribution in [0.3, 0.4) is 0 Å². The van der Waals surface area contributed by atoms with E-state index in [2.05, 4.69) is 17.2 Å². The summed E-state index contributed by atoms with van der Waals surface area (Å²) in [7, 11) is 0. The molecule has 2 nitrogen and oxygen atoms in total. The predicted molar refractivity (Wildman–Crippen MR) is 70.6 cm³/mol. The highest BCUT2D eigenvalue weighted by Crippen LogP contribution is 2.13. The lowest BCUT2D eigenvalue weighted by Crippen LogP contribution is -2.18. The first-order chi connectivity index (χ1) is 8.66. The number of hydrogen-bond acceptors (Lipinski definition) is 2. The summed E-state index contributed by atoms with van der Waals surface area (Å²) >= 11 is 0. The molecule has 2 aromatic rings. The van der Waals surface area contributed by atoms with E-state index in [-0.39, 0.29) is 11.9 Å². The van der Waals surface area contributed by atoms with Crippen LogP contribution >= 0.6 is 0 Å². The number of benzene rings is 1. The van der Waals surface area contributed by atoms with E-state index >= 15 is 0 Å². The van der Waals surface area contributed by atoms with Gasteiger partial charge in [0, 0.05) is 25.0 Å². The van der Waals surface area contributed by atoms with E-state index in [1.54, 1.807) is 13.1 Å². The zero-order valence-corrected chi connectivity index (χ0v) is 10.7. The Kier molecular flexibility index (Phi) is 4.05. The second kappa shape index (κ2) is 5.74. The highest BCUT2D eigenvalue weighted by Gasteiger charge is 2.05. The molecule has 0 radical (unpaired) electrons. The average molecular weight is 244 g/mol. The molecule has 18 heavy (non-hydrogen) atoms. The summed E-state index contributed by atoms with van der Waals surface area (Å²) in [6.07, 6.45) is 3.62. The molecule has 0 aliphatic rings. The molecule has 94 valence electrons. The lowest BCUT2D eigenvalue weighted by atomic mass is 10.1. The lowest BCUT2D eigenvalue weighted by molar-refractivity contribution is 0.570. The molecule has 1 unspecified atom stereocenters. The van der Waals surface area contributed by atoms with E-state index in [1.807, 2.05) is 30.5 Å². The smallest absolute Gasteiger partial charge is 0.126 e. The van der Waals surface area contributed by atoms with Crippen molar-refractivity contribution >= 4 is 0 Å². The van der Waals surface area contributed by atoms with E-state index in [0.29, 0.717) is 5.56 Å². The van der Waals surface area contributed by atoms with Crippen LogP contribution in [0.2, 0.25) is 0 Å². The van der Waals surface area contributed by atoms with Gasteiger partial charge in [-0.2, -0.15) is 0 Å². The summed E-state index contributed by atoms with van der Waals surface area (Å²) < 4.78 is 13.1. The Bertz CT molecular complexity index is 511. The van der Waals surface area contributed by atoms with Gasteiger partial charge in [-0.05, 0) is 42.7 Å². The van der Waals surface area contributed by atoms with Crippen molar-refractivity contribution in [1.29, 1.82) is 0 Å². The fraction of sp³-hybridized carbons (Fsp3) is 0.267. The summed E-state index contributed by atoms with van der Waals surface area (Å²) in [5.74, 6) is -0.154. The van der Waals surface area contributed by atoms with Gasteiger partial charge in [0.2, 0.25) is 0 Å². The van der Waals surface area contributed by atoms with Crippen molar-refractivity contribution in [2.24, 2.45) is 0 Å². The van der Waals surface area contributed by atoms with Gasteiger partial charge >= 0.3 is 0 Å². The number of nitrogens with zero attached hydrogens (tertiary/aromatic N) is 1. The molecule has 0 saturated carbocycles. The topological polar surface area (TPSA) is 24.9 Å². The molecule has 0 bridgehead atoms. The molecule has 1 aromatic heterocycles. The third kappa shape index (κ3) is 3.14. The highest BCUT2D eigenvalue weighted by molar-refractivity contribution is 5.24. The Morgan fingerprint density at radius 3 is 2.83 bits per heavy atom. The van der Waals surface area contributed by atoms with Gasteiger partial charge in [0.05, 0.1) is 0 Å². The predicted octanol–water partition coefficient (Wildman–Crippen LogP) is 3.38. The molecule has 0 spiro atoms. The van der Waals surface area contributed by atoms with Crippen molar-refractivity contribution in [1.82, 2.24) is 10.3 Å². The molecule has 0 aliphatic heterocycles. The maximum Gasteiger partial charge on any atom is 0.126 e. The largest absolute Gasteiger partial charge is 0.306 e. The molecule has 1 atom stereocenters. The molecule has 3 heteroatoms. The molecule has 0 fully saturated rings. The minimum Gasteiger partial charge on any atom is -0.306 e. The van der Waals surface area contributed by atoms with E-state index in [0.717, 1.165) is 17.7 Å². The first-order valence-corrected chi connectivity index (χ1v) is 6.05. The SMILES string of the molecule is Cc1cc(CNC(C)c2cccnc2)ccc1F. The number of aromatic nitrogens is 1. The van der Waals surface area contributed by atoms with Crippen molar-refractivity contribution in [3.05, 3.63) is 65.2 Å². The first kappa shape index (κ1) is 12.7. The number of aryl methyl sites for hydroxylation is 1. The third-order valence-corrected chi connectivity index (χ3v) is 3.02. The third-order valence-electron chi connectivity index (χ3n) is 3.02. The molecule has 0 aliphatic carbocycles. The van der Waals surface area contributed by atoms with Crippen LogP contribution in [0.1, 0.15) is 29.7 Å². The first-order valence-electron chi connectivity index (χ1n) is 6.05. The van der Waals surface area contributed by atoms with Crippen LogP contribution in [0, 0.1) is 12.7 Å². The Hall–Kier alpha value is -1.74. The van der Waals surface area contributed by atoms with Crippen molar-refractivity contribution in [3.8, 4) is 0 Å². The molecule has 2 rings (SSSR count). The Balaban J connectivity index is 1.97. The van der Waals surface area contributed by atoms with Crippen LogP contribution < -0.4 is 5.32 Å². The number of nitrogens with one attached hydrogen (secondary N) is 1. The quantitative estimate of drug-likeness (QED) is 0.891. The Morgan fingerprint density at radius 2 is 2.17 bits per heavy atom. The molecule has 0 amide bonds. The lowest BCUT2D eigenvalue weighted by Gasteiger charge is -2.14. The summed E-state index contributed by atoms with van der Waals surface area (Å²) in [5, 5.41) is 3.40. The summed E-state index contributed by atoms with van der Waals surface area (Å²) in [4.78, 5) is 4.10. The normalized spacial score (nSPS) is 12.4. The van der Waals surface area contributed by atoms with Crippen LogP contribution in [0.4, 0.5) is 4.39 Å². The Morgan fingerprint density at radius 1 is 1.33 bits per heavy atom. The van der Waals surface area contributed by atoms with E-state index in [9.17, 15) is 4.39 Å². The Labute approximate surface area is 107 Å². The van der Waals surface area contributed by atoms with Gasteiger partial charge < -0.3 is 5.32 Å². The summed E-state index contributed by atoms with van der Waals surface area (Å²) in [6.45, 7) is 4.59. The van der Waals surface area contributed by atoms with Crippen LogP contribution in [0.15, 0.2) is 42.7 Å². The van der Waals surface area contributed by atoms with Crippen molar-refractivity contribution in [3.63, 3.8) is 0 Å². The minimum absolute atomic E-state index is 0.154. The standard InChI is InChI=1S/C15H17FN2/c1-11-8-13(5-6-15(11)16)9-18-12(2)14-4-3-7-17-10-14/h3-8,10,12,18H,9H2,1-2H3. The molecule has 1 aromatic carbocycles. The zero-order valence-electron chi connectivity index (χ0n) is 10.7. The molecular formula is C15H17FN2. The second-order valence-corrected chi connectivity index (χ2v) is 4.47. The molecule has 1 heterocycles. The van der Waals surface area contributed by atoms with Gasteiger partial charge in [0.25, 0.3) is 0 Å². The minimum atomic E-state index is -0.154. The molecule has 1 N–H and O–H groups in total. The fourth-order valence-corrected chi connectivity index (χ4v) is 1.84. The number of halogens is 1. The van der Waals surface area contributed by atoms with Gasteiger partial charge in [0.1, 0.15) is 5.82 Å². The van der Waals surface area contributed by atoms with E-state index in [1.165, 1.54) is 6.07 Å². The highest BCUT2D eigenvalue weighted by atomic mass is 19.1. The maximum absolute atomic E-state index is 13.1. The maximum atomic E-state index is 13.1. The van der Waals surface area contributed by atoms with Crippen LogP contribution in [0.5, 0.6) is 0 Å². The van der Waals surface area contributed by atoms with Gasteiger partial charge in [-0.1, -0.05) is 18.2 Å². The number of rotatable bonds is 4. The van der Waals surface area contributed by atoms with Gasteiger partial charge in [0.15, 0.2) is 0 Å². The van der Waals surface area contributed by atoms with Crippen LogP contribution in [-0.4, -0.2) is 4.98 Å². The van der Waals surface area contributed by atoms with Crippen LogP contribution in [-0.2, 0) is 6.54 Å². The van der Waals surface area contributed by atoms with Gasteiger partial charge in [-0.3, -0.25) is 4.98 Å². The van der Waals surface area contributed by atoms with Crippen LogP contribution in [0.25, 0.3) is 0 Å². The fourth-order valence-electron chi connectivity index (χ4n) is 1.84. The van der Waals surface area contributed by atoms with Crippen molar-refractivity contribution in [2.45, 2.75) is 26.4 Å². The molecular weight excluding hydrogens is 227 g/mol. The number of pyridine rings is 1. The monoisotopic (exact) mass is 244 g/mol. The summed E-state index contributed by atoms with van der Waals surface area (Å²) in [5.41, 5.74) is 2.92.